The number of rotatable bonds is 5. The summed E-state index contributed by atoms with van der Waals surface area (Å²) in [6, 6.07) is 11.5. The van der Waals surface area contributed by atoms with E-state index >= 15 is 0 Å². The van der Waals surface area contributed by atoms with E-state index in [1.165, 1.54) is 0 Å². The molecule has 6 nitrogen and oxygen atoms in total. The molecule has 26 heavy (non-hydrogen) atoms. The molecule has 1 aromatic carbocycles. The third-order valence-electron chi connectivity index (χ3n) is 4.52. The first kappa shape index (κ1) is 18.4. The predicted molar refractivity (Wildman–Crippen MR) is 98.2 cm³/mol. The molecule has 6 heteroatoms. The standard InChI is InChI=1S/C20H24N2O4/c1-13-10-14(2)21-19(23)18(13)20(24)22-16-8-9-25-12-17(16)26-11-15-6-4-3-5-7-15/h3-7,10,16-17H,8-9,11-12H2,1-2H3,(H,21,23)(H,22,24). The third-order valence-corrected chi connectivity index (χ3v) is 4.52. The van der Waals surface area contributed by atoms with Crippen molar-refractivity contribution in [3.63, 3.8) is 0 Å². The fraction of sp³-hybridized carbons (Fsp3) is 0.400. The predicted octanol–water partition coefficient (Wildman–Crippen LogP) is 2.10. The Morgan fingerprint density at radius 2 is 2.08 bits per heavy atom. The molecule has 0 radical (unpaired) electrons. The Balaban J connectivity index is 1.68. The molecule has 1 saturated heterocycles. The molecule has 1 fully saturated rings. The van der Waals surface area contributed by atoms with Gasteiger partial charge in [0.1, 0.15) is 11.7 Å². The number of aryl methyl sites for hydroxylation is 2. The maximum Gasteiger partial charge on any atom is 0.261 e. The molecule has 2 N–H and O–H groups in total. The van der Waals surface area contributed by atoms with Gasteiger partial charge in [-0.2, -0.15) is 0 Å². The van der Waals surface area contributed by atoms with E-state index in [1.54, 1.807) is 19.9 Å². The Hall–Kier alpha value is -2.44. The van der Waals surface area contributed by atoms with Crippen LogP contribution in [0, 0.1) is 13.8 Å². The summed E-state index contributed by atoms with van der Waals surface area (Å²) in [5.74, 6) is -0.371. The van der Waals surface area contributed by atoms with Crippen molar-refractivity contribution in [2.45, 2.75) is 39.0 Å². The smallest absolute Gasteiger partial charge is 0.261 e. The molecule has 138 valence electrons. The number of carbonyl (C=O) groups is 1. The van der Waals surface area contributed by atoms with Crippen molar-refractivity contribution in [2.24, 2.45) is 0 Å². The average Bonchev–Trinajstić information content (AvgIpc) is 2.61. The lowest BCUT2D eigenvalue weighted by Crippen LogP contribution is -2.50. The lowest BCUT2D eigenvalue weighted by molar-refractivity contribution is -0.0736. The summed E-state index contributed by atoms with van der Waals surface area (Å²) in [6.07, 6.45) is 0.395. The van der Waals surface area contributed by atoms with Crippen LogP contribution in [0.25, 0.3) is 0 Å². The van der Waals surface area contributed by atoms with Gasteiger partial charge in [-0.15, -0.1) is 0 Å². The van der Waals surface area contributed by atoms with E-state index in [9.17, 15) is 9.59 Å². The lowest BCUT2D eigenvalue weighted by Gasteiger charge is -2.32. The SMILES string of the molecule is Cc1cc(C)c(C(=O)NC2CCOCC2OCc2ccccc2)c(=O)[nH]1. The van der Waals surface area contributed by atoms with Gasteiger partial charge in [-0.3, -0.25) is 9.59 Å². The summed E-state index contributed by atoms with van der Waals surface area (Å²) in [4.78, 5) is 27.5. The first-order valence-electron chi connectivity index (χ1n) is 8.79. The largest absolute Gasteiger partial charge is 0.379 e. The number of ether oxygens (including phenoxy) is 2. The van der Waals surface area contributed by atoms with Crippen LogP contribution in [0.3, 0.4) is 0 Å². The van der Waals surface area contributed by atoms with Gasteiger partial charge in [0.2, 0.25) is 0 Å². The van der Waals surface area contributed by atoms with Gasteiger partial charge in [0.05, 0.1) is 19.3 Å². The summed E-state index contributed by atoms with van der Waals surface area (Å²) in [5.41, 5.74) is 2.25. The number of hydrogen-bond acceptors (Lipinski definition) is 4. The van der Waals surface area contributed by atoms with Crippen molar-refractivity contribution in [3.05, 3.63) is 69.1 Å². The zero-order valence-corrected chi connectivity index (χ0v) is 15.1. The Labute approximate surface area is 152 Å². The number of H-pyrrole nitrogens is 1. The monoisotopic (exact) mass is 356 g/mol. The van der Waals surface area contributed by atoms with Crippen LogP contribution in [0.1, 0.15) is 33.6 Å². The highest BCUT2D eigenvalue weighted by Crippen LogP contribution is 2.15. The molecule has 2 aromatic rings. The van der Waals surface area contributed by atoms with E-state index in [4.69, 9.17) is 9.47 Å². The van der Waals surface area contributed by atoms with Crippen LogP contribution in [-0.2, 0) is 16.1 Å². The van der Waals surface area contributed by atoms with E-state index in [0.717, 1.165) is 11.3 Å². The first-order chi connectivity index (χ1) is 12.5. The second kappa shape index (κ2) is 8.29. The van der Waals surface area contributed by atoms with E-state index in [0.29, 0.717) is 31.8 Å². The second-order valence-corrected chi connectivity index (χ2v) is 6.62. The lowest BCUT2D eigenvalue weighted by atomic mass is 10.0. The molecule has 1 aliphatic rings. The zero-order valence-electron chi connectivity index (χ0n) is 15.1. The number of aromatic nitrogens is 1. The fourth-order valence-electron chi connectivity index (χ4n) is 3.20. The summed E-state index contributed by atoms with van der Waals surface area (Å²) in [7, 11) is 0. The Morgan fingerprint density at radius 1 is 1.31 bits per heavy atom. The quantitative estimate of drug-likeness (QED) is 0.860. The van der Waals surface area contributed by atoms with Gasteiger partial charge in [-0.25, -0.2) is 0 Å². The molecule has 0 saturated carbocycles. The minimum absolute atomic E-state index is 0.156. The fourth-order valence-corrected chi connectivity index (χ4v) is 3.20. The number of nitrogens with one attached hydrogen (secondary N) is 2. The van der Waals surface area contributed by atoms with Gasteiger partial charge < -0.3 is 19.8 Å². The van der Waals surface area contributed by atoms with Crippen LogP contribution < -0.4 is 10.9 Å². The van der Waals surface area contributed by atoms with E-state index < -0.39 is 0 Å². The Kier molecular flexibility index (Phi) is 5.85. The molecule has 2 unspecified atom stereocenters. The molecule has 1 amide bonds. The van der Waals surface area contributed by atoms with Crippen molar-refractivity contribution < 1.29 is 14.3 Å². The van der Waals surface area contributed by atoms with Gasteiger partial charge in [-0.05, 0) is 37.5 Å². The summed E-state index contributed by atoms with van der Waals surface area (Å²) >= 11 is 0. The molecule has 1 aliphatic heterocycles. The number of aromatic amines is 1. The molecule has 3 rings (SSSR count). The minimum Gasteiger partial charge on any atom is -0.379 e. The summed E-state index contributed by atoms with van der Waals surface area (Å²) in [5, 5.41) is 2.96. The second-order valence-electron chi connectivity index (χ2n) is 6.62. The maximum atomic E-state index is 12.7. The van der Waals surface area contributed by atoms with Gasteiger partial charge in [0, 0.05) is 12.3 Å². The van der Waals surface area contributed by atoms with Crippen LogP contribution in [0.15, 0.2) is 41.2 Å². The van der Waals surface area contributed by atoms with Crippen LogP contribution in [-0.4, -0.2) is 36.3 Å². The Morgan fingerprint density at radius 3 is 2.81 bits per heavy atom. The highest BCUT2D eigenvalue weighted by atomic mass is 16.5. The highest BCUT2D eigenvalue weighted by molar-refractivity contribution is 5.95. The summed E-state index contributed by atoms with van der Waals surface area (Å²) in [6.45, 7) is 4.98. The molecule has 0 bridgehead atoms. The normalized spacial score (nSPS) is 19.9. The molecule has 0 aliphatic carbocycles. The van der Waals surface area contributed by atoms with E-state index in [2.05, 4.69) is 10.3 Å². The van der Waals surface area contributed by atoms with Gasteiger partial charge in [0.15, 0.2) is 0 Å². The number of pyridine rings is 1. The van der Waals surface area contributed by atoms with Gasteiger partial charge in [0.25, 0.3) is 11.5 Å². The van der Waals surface area contributed by atoms with Crippen molar-refractivity contribution in [2.75, 3.05) is 13.2 Å². The average molecular weight is 356 g/mol. The highest BCUT2D eigenvalue weighted by Gasteiger charge is 2.29. The Bertz CT molecular complexity index is 816. The molecule has 2 heterocycles. The number of amides is 1. The van der Waals surface area contributed by atoms with Crippen LogP contribution in [0.4, 0.5) is 0 Å². The van der Waals surface area contributed by atoms with Gasteiger partial charge in [-0.1, -0.05) is 30.3 Å². The topological polar surface area (TPSA) is 80.4 Å². The first-order valence-corrected chi connectivity index (χ1v) is 8.79. The van der Waals surface area contributed by atoms with Crippen molar-refractivity contribution >= 4 is 5.91 Å². The number of carbonyl (C=O) groups excluding carboxylic acids is 1. The molecular weight excluding hydrogens is 332 g/mol. The molecule has 1 aromatic heterocycles. The summed E-state index contributed by atoms with van der Waals surface area (Å²) < 4.78 is 11.5. The zero-order chi connectivity index (χ0) is 18.5. The third kappa shape index (κ3) is 4.39. The molecule has 2 atom stereocenters. The van der Waals surface area contributed by atoms with Crippen LogP contribution in [0.5, 0.6) is 0 Å². The van der Waals surface area contributed by atoms with E-state index in [1.807, 2.05) is 30.3 Å². The van der Waals surface area contributed by atoms with Crippen molar-refractivity contribution in [1.29, 1.82) is 0 Å². The van der Waals surface area contributed by atoms with Crippen LogP contribution >= 0.6 is 0 Å². The number of hydrogen-bond donors (Lipinski definition) is 2. The van der Waals surface area contributed by atoms with E-state index in [-0.39, 0.29) is 29.2 Å². The van der Waals surface area contributed by atoms with Crippen molar-refractivity contribution in [1.82, 2.24) is 10.3 Å². The van der Waals surface area contributed by atoms with Crippen LogP contribution in [0.2, 0.25) is 0 Å². The minimum atomic E-state index is -0.371. The maximum absolute atomic E-state index is 12.7. The molecule has 0 spiro atoms. The van der Waals surface area contributed by atoms with Crippen molar-refractivity contribution in [3.8, 4) is 0 Å². The van der Waals surface area contributed by atoms with Gasteiger partial charge >= 0.3 is 0 Å². The molecular formula is C20H24N2O4. The number of benzene rings is 1.